The molecule has 0 saturated heterocycles. The Bertz CT molecular complexity index is 832. The van der Waals surface area contributed by atoms with Crippen molar-refractivity contribution in [2.45, 2.75) is 30.9 Å². The molecule has 1 aromatic carbocycles. The number of aromatic nitrogens is 2. The highest BCUT2D eigenvalue weighted by atomic mass is 19.4. The average Bonchev–Trinajstić information content (AvgIpc) is 2.59. The van der Waals surface area contributed by atoms with Gasteiger partial charge in [0.2, 0.25) is 5.82 Å². The highest BCUT2D eigenvalue weighted by Crippen LogP contribution is 2.45. The first-order valence-electron chi connectivity index (χ1n) is 8.40. The number of anilines is 1. The molecule has 0 unspecified atom stereocenters. The largest absolute Gasteiger partial charge is 0.416 e. The number of hydrogen-bond acceptors (Lipinski definition) is 4. The molecule has 1 aliphatic carbocycles. The van der Waals surface area contributed by atoms with E-state index in [1.807, 2.05) is 0 Å². The highest BCUT2D eigenvalue weighted by molar-refractivity contribution is 5.90. The lowest BCUT2D eigenvalue weighted by Gasteiger charge is -2.43. The summed E-state index contributed by atoms with van der Waals surface area (Å²) in [7, 11) is 1.46. The first-order valence-corrected chi connectivity index (χ1v) is 8.40. The van der Waals surface area contributed by atoms with E-state index < -0.39 is 28.9 Å². The highest BCUT2D eigenvalue weighted by Gasteiger charge is 2.41. The number of amides is 1. The van der Waals surface area contributed by atoms with Gasteiger partial charge in [-0.05, 0) is 36.6 Å². The summed E-state index contributed by atoms with van der Waals surface area (Å²) in [5.74, 6) is -1.30. The molecule has 1 saturated carbocycles. The summed E-state index contributed by atoms with van der Waals surface area (Å²) in [6, 6.07) is 2.70. The summed E-state index contributed by atoms with van der Waals surface area (Å²) in [6.07, 6.45) is 0.410. The lowest BCUT2D eigenvalue weighted by Crippen LogP contribution is -2.41. The number of nitrogens with one attached hydrogen (secondary N) is 2. The number of carbonyl (C=O) groups excluding carboxylic acids is 1. The van der Waals surface area contributed by atoms with E-state index in [0.717, 1.165) is 12.5 Å². The number of carbonyl (C=O) groups is 1. The maximum absolute atomic E-state index is 13.8. The second-order valence-corrected chi connectivity index (χ2v) is 6.59. The zero-order chi connectivity index (χ0) is 19.7. The van der Waals surface area contributed by atoms with Crippen molar-refractivity contribution in [2.24, 2.45) is 0 Å². The number of halogens is 4. The van der Waals surface area contributed by atoms with Crippen molar-refractivity contribution in [3.05, 3.63) is 53.4 Å². The number of alkyl halides is 3. The lowest BCUT2D eigenvalue weighted by atomic mass is 9.64. The summed E-state index contributed by atoms with van der Waals surface area (Å²) in [5, 5.41) is 5.50. The van der Waals surface area contributed by atoms with Gasteiger partial charge in [-0.1, -0.05) is 6.42 Å². The van der Waals surface area contributed by atoms with Gasteiger partial charge in [-0.2, -0.15) is 13.2 Å². The fourth-order valence-electron chi connectivity index (χ4n) is 3.15. The fraction of sp³-hybridized carbons (Fsp3) is 0.389. The molecule has 3 rings (SSSR count). The molecule has 144 valence electrons. The van der Waals surface area contributed by atoms with Crippen LogP contribution in [0.25, 0.3) is 0 Å². The SMILES string of the molecule is CNC(=O)c1ncc(NCC2(c3cc(F)cc(C(F)(F)F)c3)CCC2)cn1. The Balaban J connectivity index is 1.79. The second kappa shape index (κ2) is 7.13. The maximum atomic E-state index is 13.8. The van der Waals surface area contributed by atoms with Gasteiger partial charge in [-0.25, -0.2) is 14.4 Å². The predicted molar refractivity (Wildman–Crippen MR) is 90.8 cm³/mol. The van der Waals surface area contributed by atoms with Gasteiger partial charge >= 0.3 is 6.18 Å². The second-order valence-electron chi connectivity index (χ2n) is 6.59. The van der Waals surface area contributed by atoms with Crippen LogP contribution in [0.3, 0.4) is 0 Å². The van der Waals surface area contributed by atoms with Crippen LogP contribution >= 0.6 is 0 Å². The summed E-state index contributed by atoms with van der Waals surface area (Å²) in [6.45, 7) is 0.316. The van der Waals surface area contributed by atoms with Gasteiger partial charge in [-0.15, -0.1) is 0 Å². The monoisotopic (exact) mass is 382 g/mol. The van der Waals surface area contributed by atoms with E-state index in [1.165, 1.54) is 25.5 Å². The molecule has 0 aliphatic heterocycles. The van der Waals surface area contributed by atoms with Crippen LogP contribution in [0.4, 0.5) is 23.2 Å². The number of rotatable bonds is 5. The Morgan fingerprint density at radius 2 is 1.85 bits per heavy atom. The number of benzene rings is 1. The van der Waals surface area contributed by atoms with Crippen LogP contribution in [0, 0.1) is 5.82 Å². The third kappa shape index (κ3) is 4.01. The molecule has 1 aliphatic rings. The fourth-order valence-corrected chi connectivity index (χ4v) is 3.15. The van der Waals surface area contributed by atoms with Crippen LogP contribution in [0.1, 0.15) is 41.0 Å². The third-order valence-electron chi connectivity index (χ3n) is 4.86. The van der Waals surface area contributed by atoms with E-state index in [2.05, 4.69) is 20.6 Å². The summed E-state index contributed by atoms with van der Waals surface area (Å²) in [4.78, 5) is 19.3. The van der Waals surface area contributed by atoms with Crippen LogP contribution < -0.4 is 10.6 Å². The zero-order valence-electron chi connectivity index (χ0n) is 14.5. The molecule has 1 amide bonds. The molecular weight excluding hydrogens is 364 g/mol. The van der Waals surface area contributed by atoms with E-state index in [1.54, 1.807) is 0 Å². The van der Waals surface area contributed by atoms with E-state index in [-0.39, 0.29) is 5.82 Å². The molecule has 0 spiro atoms. The Hall–Kier alpha value is -2.71. The number of hydrogen-bond donors (Lipinski definition) is 2. The summed E-state index contributed by atoms with van der Waals surface area (Å²) >= 11 is 0. The minimum atomic E-state index is -4.60. The van der Waals surface area contributed by atoms with Crippen molar-refractivity contribution in [2.75, 3.05) is 18.9 Å². The Morgan fingerprint density at radius 1 is 1.19 bits per heavy atom. The Morgan fingerprint density at radius 3 is 2.37 bits per heavy atom. The molecule has 2 aromatic rings. The Kier molecular flexibility index (Phi) is 5.03. The van der Waals surface area contributed by atoms with Crippen LogP contribution in [-0.4, -0.2) is 29.5 Å². The van der Waals surface area contributed by atoms with Gasteiger partial charge < -0.3 is 10.6 Å². The normalized spacial score (nSPS) is 15.7. The van der Waals surface area contributed by atoms with E-state index in [4.69, 9.17) is 0 Å². The van der Waals surface area contributed by atoms with Crippen molar-refractivity contribution in [1.82, 2.24) is 15.3 Å². The van der Waals surface area contributed by atoms with Crippen molar-refractivity contribution in [1.29, 1.82) is 0 Å². The summed E-state index contributed by atoms with van der Waals surface area (Å²) < 4.78 is 52.8. The first-order chi connectivity index (χ1) is 12.7. The topological polar surface area (TPSA) is 66.9 Å². The van der Waals surface area contributed by atoms with Crippen molar-refractivity contribution in [3.63, 3.8) is 0 Å². The Labute approximate surface area is 153 Å². The molecule has 1 aromatic heterocycles. The molecule has 1 fully saturated rings. The lowest BCUT2D eigenvalue weighted by molar-refractivity contribution is -0.137. The van der Waals surface area contributed by atoms with Gasteiger partial charge in [0.1, 0.15) is 5.82 Å². The minimum absolute atomic E-state index is 0.0151. The molecular formula is C18H18F4N4O. The number of nitrogens with zero attached hydrogens (tertiary/aromatic N) is 2. The molecule has 2 N–H and O–H groups in total. The molecule has 0 atom stereocenters. The molecule has 5 nitrogen and oxygen atoms in total. The van der Waals surface area contributed by atoms with Gasteiger partial charge in [0.05, 0.1) is 23.6 Å². The van der Waals surface area contributed by atoms with E-state index in [0.29, 0.717) is 36.7 Å². The maximum Gasteiger partial charge on any atom is 0.416 e. The van der Waals surface area contributed by atoms with Gasteiger partial charge in [0.25, 0.3) is 5.91 Å². The van der Waals surface area contributed by atoms with Crippen molar-refractivity contribution in [3.8, 4) is 0 Å². The van der Waals surface area contributed by atoms with Crippen molar-refractivity contribution >= 4 is 11.6 Å². The van der Waals surface area contributed by atoms with E-state index in [9.17, 15) is 22.4 Å². The van der Waals surface area contributed by atoms with Gasteiger partial charge in [-0.3, -0.25) is 4.79 Å². The molecule has 1 heterocycles. The molecule has 27 heavy (non-hydrogen) atoms. The van der Waals surface area contributed by atoms with Crippen LogP contribution in [0.5, 0.6) is 0 Å². The predicted octanol–water partition coefficient (Wildman–Crippen LogP) is 3.53. The first kappa shape index (κ1) is 19.1. The van der Waals surface area contributed by atoms with Crippen LogP contribution in [-0.2, 0) is 11.6 Å². The van der Waals surface area contributed by atoms with Crippen LogP contribution in [0.2, 0.25) is 0 Å². The zero-order valence-corrected chi connectivity index (χ0v) is 14.5. The standard InChI is InChI=1S/C18H18F4N4O/c1-23-16(27)15-24-8-14(9-25-15)26-10-17(3-2-4-17)11-5-12(18(20,21)22)7-13(19)6-11/h5-9,26H,2-4,10H2,1H3,(H,23,27). The smallest absolute Gasteiger partial charge is 0.382 e. The quantitative estimate of drug-likeness (QED) is 0.777. The molecule has 9 heteroatoms. The third-order valence-corrected chi connectivity index (χ3v) is 4.86. The van der Waals surface area contributed by atoms with Gasteiger partial charge in [0.15, 0.2) is 0 Å². The van der Waals surface area contributed by atoms with E-state index >= 15 is 0 Å². The summed E-state index contributed by atoms with van der Waals surface area (Å²) in [5.41, 5.74) is -0.707. The molecule has 0 bridgehead atoms. The van der Waals surface area contributed by atoms with Crippen LogP contribution in [0.15, 0.2) is 30.6 Å². The minimum Gasteiger partial charge on any atom is -0.382 e. The van der Waals surface area contributed by atoms with Crippen molar-refractivity contribution < 1.29 is 22.4 Å². The molecule has 0 radical (unpaired) electrons. The van der Waals surface area contributed by atoms with Gasteiger partial charge in [0, 0.05) is 19.0 Å². The average molecular weight is 382 g/mol.